The van der Waals surface area contributed by atoms with Crippen LogP contribution in [0.3, 0.4) is 0 Å². The molecule has 0 atom stereocenters. The van der Waals surface area contributed by atoms with Crippen molar-refractivity contribution in [1.29, 1.82) is 0 Å². The topological polar surface area (TPSA) is 99.1 Å². The second-order valence-electron chi connectivity index (χ2n) is 6.35. The van der Waals surface area contributed by atoms with Crippen molar-refractivity contribution in [2.75, 3.05) is 47.5 Å². The van der Waals surface area contributed by atoms with Gasteiger partial charge in [-0.25, -0.2) is 0 Å². The van der Waals surface area contributed by atoms with E-state index in [9.17, 15) is 0 Å². The van der Waals surface area contributed by atoms with Crippen LogP contribution in [0.2, 0.25) is 0 Å². The lowest BCUT2D eigenvalue weighted by atomic mass is 10.1. The zero-order chi connectivity index (χ0) is 19.2. The van der Waals surface area contributed by atoms with E-state index in [-0.39, 0.29) is 6.54 Å². The number of nitrogens with two attached hydrogens (primary N) is 1. The van der Waals surface area contributed by atoms with Gasteiger partial charge in [-0.1, -0.05) is 11.2 Å². The second-order valence-corrected chi connectivity index (χ2v) is 6.35. The van der Waals surface area contributed by atoms with Crippen molar-refractivity contribution in [3.8, 4) is 17.2 Å². The molecule has 1 aliphatic rings. The number of hydrogen-bond donors (Lipinski definition) is 1. The maximum absolute atomic E-state index is 5.59. The Balaban J connectivity index is 1.59. The number of rotatable bonds is 8. The summed E-state index contributed by atoms with van der Waals surface area (Å²) in [4.78, 5) is 8.97. The predicted molar refractivity (Wildman–Crippen MR) is 98.8 cm³/mol. The molecular formula is C18H27N5O4. The fourth-order valence-electron chi connectivity index (χ4n) is 3.27. The van der Waals surface area contributed by atoms with Gasteiger partial charge in [0.2, 0.25) is 11.6 Å². The van der Waals surface area contributed by atoms with Gasteiger partial charge in [0.25, 0.3) is 0 Å². The van der Waals surface area contributed by atoms with Gasteiger partial charge in [0, 0.05) is 38.3 Å². The van der Waals surface area contributed by atoms with Crippen molar-refractivity contribution in [3.63, 3.8) is 0 Å². The lowest BCUT2D eigenvalue weighted by molar-refractivity contribution is 0.118. The molecule has 2 heterocycles. The third kappa shape index (κ3) is 4.49. The third-order valence-corrected chi connectivity index (χ3v) is 4.69. The molecule has 0 saturated carbocycles. The first-order chi connectivity index (χ1) is 13.2. The van der Waals surface area contributed by atoms with Crippen LogP contribution in [-0.4, -0.2) is 67.4 Å². The average molecular weight is 377 g/mol. The first kappa shape index (κ1) is 19.4. The Hall–Kier alpha value is -2.36. The normalized spacial score (nSPS) is 15.7. The third-order valence-electron chi connectivity index (χ3n) is 4.69. The van der Waals surface area contributed by atoms with E-state index in [1.54, 1.807) is 21.3 Å². The van der Waals surface area contributed by atoms with E-state index in [4.69, 9.17) is 24.5 Å². The monoisotopic (exact) mass is 377 g/mol. The SMILES string of the molecule is COc1ccc(CN2CCN(Cc3noc(CN)n3)CC2)c(OC)c1OC. The van der Waals surface area contributed by atoms with Crippen molar-refractivity contribution in [2.45, 2.75) is 19.6 Å². The Morgan fingerprint density at radius 1 is 0.963 bits per heavy atom. The highest BCUT2D eigenvalue weighted by Gasteiger charge is 2.22. The van der Waals surface area contributed by atoms with Crippen LogP contribution in [0.5, 0.6) is 17.2 Å². The van der Waals surface area contributed by atoms with Gasteiger partial charge in [-0.15, -0.1) is 0 Å². The largest absolute Gasteiger partial charge is 0.493 e. The summed E-state index contributed by atoms with van der Waals surface area (Å²) in [5.41, 5.74) is 6.58. The van der Waals surface area contributed by atoms with Crippen LogP contribution in [0.15, 0.2) is 16.7 Å². The molecule has 9 heteroatoms. The van der Waals surface area contributed by atoms with Crippen LogP contribution in [0, 0.1) is 0 Å². The Bertz CT molecular complexity index is 743. The van der Waals surface area contributed by atoms with Gasteiger partial charge in [-0.3, -0.25) is 9.80 Å². The van der Waals surface area contributed by atoms with Gasteiger partial charge >= 0.3 is 0 Å². The average Bonchev–Trinajstić information content (AvgIpc) is 3.16. The number of benzene rings is 1. The molecule has 1 fully saturated rings. The summed E-state index contributed by atoms with van der Waals surface area (Å²) < 4.78 is 21.5. The summed E-state index contributed by atoms with van der Waals surface area (Å²) in [6.45, 7) is 5.49. The maximum atomic E-state index is 5.59. The zero-order valence-electron chi connectivity index (χ0n) is 16.1. The summed E-state index contributed by atoms with van der Waals surface area (Å²) >= 11 is 0. The molecule has 0 unspecified atom stereocenters. The van der Waals surface area contributed by atoms with Crippen molar-refractivity contribution in [1.82, 2.24) is 19.9 Å². The first-order valence-corrected chi connectivity index (χ1v) is 8.92. The minimum absolute atomic E-state index is 0.272. The fraction of sp³-hybridized carbons (Fsp3) is 0.556. The van der Waals surface area contributed by atoms with Crippen LogP contribution in [0.25, 0.3) is 0 Å². The van der Waals surface area contributed by atoms with E-state index in [1.807, 2.05) is 12.1 Å². The second kappa shape index (κ2) is 9.03. The molecule has 1 saturated heterocycles. The van der Waals surface area contributed by atoms with Crippen molar-refractivity contribution >= 4 is 0 Å². The van der Waals surface area contributed by atoms with Crippen LogP contribution < -0.4 is 19.9 Å². The molecule has 0 bridgehead atoms. The summed E-state index contributed by atoms with van der Waals surface area (Å²) in [5.74, 6) is 3.18. The minimum Gasteiger partial charge on any atom is -0.493 e. The molecule has 2 N–H and O–H groups in total. The molecule has 1 aromatic heterocycles. The van der Waals surface area contributed by atoms with Crippen molar-refractivity contribution in [2.24, 2.45) is 5.73 Å². The number of methoxy groups -OCH3 is 3. The number of aromatic nitrogens is 2. The number of nitrogens with zero attached hydrogens (tertiary/aromatic N) is 4. The van der Waals surface area contributed by atoms with Crippen molar-refractivity contribution in [3.05, 3.63) is 29.4 Å². The highest BCUT2D eigenvalue weighted by molar-refractivity contribution is 5.55. The van der Waals surface area contributed by atoms with Gasteiger partial charge in [-0.2, -0.15) is 4.98 Å². The summed E-state index contributed by atoms with van der Waals surface area (Å²) in [5, 5.41) is 3.96. The molecule has 0 radical (unpaired) electrons. The predicted octanol–water partition coefficient (Wildman–Crippen LogP) is 0.872. The molecule has 148 valence electrons. The Kier molecular flexibility index (Phi) is 6.49. The maximum Gasteiger partial charge on any atom is 0.240 e. The van der Waals surface area contributed by atoms with Gasteiger partial charge in [-0.05, 0) is 6.07 Å². The Labute approximate surface area is 159 Å². The number of hydrogen-bond acceptors (Lipinski definition) is 9. The Morgan fingerprint density at radius 2 is 1.63 bits per heavy atom. The quantitative estimate of drug-likeness (QED) is 0.718. The lowest BCUT2D eigenvalue weighted by Gasteiger charge is -2.34. The molecule has 0 aliphatic carbocycles. The zero-order valence-corrected chi connectivity index (χ0v) is 16.1. The molecule has 3 rings (SSSR count). The first-order valence-electron chi connectivity index (χ1n) is 8.92. The molecule has 1 aromatic carbocycles. The van der Waals surface area contributed by atoms with E-state index >= 15 is 0 Å². The molecule has 0 spiro atoms. The van der Waals surface area contributed by atoms with Gasteiger partial charge in [0.05, 0.1) is 34.4 Å². The van der Waals surface area contributed by atoms with E-state index in [2.05, 4.69) is 19.9 Å². The molecule has 27 heavy (non-hydrogen) atoms. The van der Waals surface area contributed by atoms with E-state index in [1.165, 1.54) is 0 Å². The van der Waals surface area contributed by atoms with Gasteiger partial charge < -0.3 is 24.5 Å². The number of ether oxygens (including phenoxy) is 3. The van der Waals surface area contributed by atoms with Gasteiger partial charge in [0.1, 0.15) is 0 Å². The van der Waals surface area contributed by atoms with Crippen LogP contribution in [-0.2, 0) is 19.6 Å². The highest BCUT2D eigenvalue weighted by Crippen LogP contribution is 2.40. The summed E-state index contributed by atoms with van der Waals surface area (Å²) in [6.07, 6.45) is 0. The Morgan fingerprint density at radius 3 is 2.19 bits per heavy atom. The molecule has 1 aliphatic heterocycles. The molecule has 0 amide bonds. The summed E-state index contributed by atoms with van der Waals surface area (Å²) in [7, 11) is 4.90. The van der Waals surface area contributed by atoms with Crippen molar-refractivity contribution < 1.29 is 18.7 Å². The minimum atomic E-state index is 0.272. The van der Waals surface area contributed by atoms with Crippen LogP contribution >= 0.6 is 0 Å². The van der Waals surface area contributed by atoms with E-state index in [0.29, 0.717) is 29.8 Å². The van der Waals surface area contributed by atoms with Gasteiger partial charge in [0.15, 0.2) is 17.3 Å². The fourth-order valence-corrected chi connectivity index (χ4v) is 3.27. The van der Waals surface area contributed by atoms with E-state index < -0.39 is 0 Å². The highest BCUT2D eigenvalue weighted by atomic mass is 16.5. The molecule has 9 nitrogen and oxygen atoms in total. The smallest absolute Gasteiger partial charge is 0.240 e. The summed E-state index contributed by atoms with van der Waals surface area (Å²) in [6, 6.07) is 3.94. The van der Waals surface area contributed by atoms with Crippen LogP contribution in [0.1, 0.15) is 17.3 Å². The van der Waals surface area contributed by atoms with E-state index in [0.717, 1.165) is 44.0 Å². The molecular weight excluding hydrogens is 350 g/mol. The standard InChI is InChI=1S/C18H27N5O4/c1-24-14-5-4-13(17(25-2)18(14)26-3)11-22-6-8-23(9-7-22)12-15-20-16(10-19)27-21-15/h4-5H,6-12,19H2,1-3H3. The number of piperazine rings is 1. The lowest BCUT2D eigenvalue weighted by Crippen LogP contribution is -2.45. The van der Waals surface area contributed by atoms with Crippen LogP contribution in [0.4, 0.5) is 0 Å². The molecule has 2 aromatic rings.